The Morgan fingerprint density at radius 1 is 1.25 bits per heavy atom. The van der Waals surface area contributed by atoms with E-state index >= 15 is 0 Å². The van der Waals surface area contributed by atoms with E-state index in [0.29, 0.717) is 5.56 Å². The Balaban J connectivity index is 2.08. The predicted octanol–water partition coefficient (Wildman–Crippen LogP) is 2.54. The van der Waals surface area contributed by atoms with Crippen molar-refractivity contribution < 1.29 is 9.90 Å². The van der Waals surface area contributed by atoms with E-state index in [0.717, 1.165) is 31.4 Å². The lowest BCUT2D eigenvalue weighted by molar-refractivity contribution is 0.0718. The van der Waals surface area contributed by atoms with E-state index < -0.39 is 6.10 Å². The van der Waals surface area contributed by atoms with Gasteiger partial charge in [0.15, 0.2) is 0 Å². The number of para-hydroxylation sites is 1. The molecule has 0 aromatic heterocycles. The Labute approximate surface area is 120 Å². The fourth-order valence-electron chi connectivity index (χ4n) is 2.64. The molecule has 0 radical (unpaired) electrons. The molecule has 1 amide bonds. The first-order valence-corrected chi connectivity index (χ1v) is 7.42. The summed E-state index contributed by atoms with van der Waals surface area (Å²) in [5, 5.41) is 16.2. The summed E-state index contributed by atoms with van der Waals surface area (Å²) in [5.74, 6) is -0.111. The molecule has 0 spiro atoms. The van der Waals surface area contributed by atoms with Crippen molar-refractivity contribution >= 4 is 11.6 Å². The van der Waals surface area contributed by atoms with Crippen LogP contribution in [0.3, 0.4) is 0 Å². The summed E-state index contributed by atoms with van der Waals surface area (Å²) in [7, 11) is 0. The van der Waals surface area contributed by atoms with Gasteiger partial charge in [0.2, 0.25) is 0 Å². The number of aliphatic hydroxyl groups is 1. The number of carbonyl (C=O) groups excluding carboxylic acids is 1. The highest BCUT2D eigenvalue weighted by atomic mass is 16.3. The summed E-state index contributed by atoms with van der Waals surface area (Å²) >= 11 is 0. The van der Waals surface area contributed by atoms with Gasteiger partial charge in [-0.15, -0.1) is 0 Å². The van der Waals surface area contributed by atoms with Crippen LogP contribution in [-0.4, -0.2) is 29.2 Å². The van der Waals surface area contributed by atoms with Crippen molar-refractivity contribution in [3.63, 3.8) is 0 Å². The number of hydrogen-bond acceptors (Lipinski definition) is 3. The summed E-state index contributed by atoms with van der Waals surface area (Å²) in [4.78, 5) is 12.4. The van der Waals surface area contributed by atoms with Crippen LogP contribution in [0.1, 0.15) is 49.9 Å². The van der Waals surface area contributed by atoms with Gasteiger partial charge in [-0.3, -0.25) is 4.79 Å². The quantitative estimate of drug-likeness (QED) is 0.792. The van der Waals surface area contributed by atoms with Crippen molar-refractivity contribution in [3.8, 4) is 0 Å². The molecule has 2 rings (SSSR count). The molecule has 0 bridgehead atoms. The molecule has 1 fully saturated rings. The van der Waals surface area contributed by atoms with Gasteiger partial charge in [-0.2, -0.15) is 0 Å². The molecule has 20 heavy (non-hydrogen) atoms. The van der Waals surface area contributed by atoms with Crippen molar-refractivity contribution in [1.82, 2.24) is 5.32 Å². The van der Waals surface area contributed by atoms with Crippen molar-refractivity contribution in [2.45, 2.75) is 57.7 Å². The van der Waals surface area contributed by atoms with Gasteiger partial charge in [0.25, 0.3) is 5.91 Å². The molecule has 1 aliphatic carbocycles. The monoisotopic (exact) mass is 276 g/mol. The highest BCUT2D eigenvalue weighted by Gasteiger charge is 2.25. The van der Waals surface area contributed by atoms with Gasteiger partial charge in [-0.1, -0.05) is 25.0 Å². The first kappa shape index (κ1) is 14.9. The van der Waals surface area contributed by atoms with E-state index in [9.17, 15) is 9.90 Å². The highest BCUT2D eigenvalue weighted by Crippen LogP contribution is 2.20. The van der Waals surface area contributed by atoms with E-state index in [-0.39, 0.29) is 18.0 Å². The Hall–Kier alpha value is -1.55. The lowest BCUT2D eigenvalue weighted by Gasteiger charge is -2.28. The zero-order valence-corrected chi connectivity index (χ0v) is 12.2. The number of benzene rings is 1. The number of nitrogens with one attached hydrogen (secondary N) is 2. The fourth-order valence-corrected chi connectivity index (χ4v) is 2.64. The summed E-state index contributed by atoms with van der Waals surface area (Å²) in [6, 6.07) is 7.64. The molecule has 110 valence electrons. The maximum Gasteiger partial charge on any atom is 0.253 e. The van der Waals surface area contributed by atoms with Gasteiger partial charge in [0.05, 0.1) is 17.7 Å². The van der Waals surface area contributed by atoms with Crippen molar-refractivity contribution in [3.05, 3.63) is 29.8 Å². The van der Waals surface area contributed by atoms with E-state index in [2.05, 4.69) is 10.6 Å². The molecule has 3 N–H and O–H groups in total. The average Bonchev–Trinajstić information content (AvgIpc) is 2.41. The maximum absolute atomic E-state index is 12.4. The van der Waals surface area contributed by atoms with Crippen LogP contribution in [0.2, 0.25) is 0 Å². The number of carbonyl (C=O) groups is 1. The van der Waals surface area contributed by atoms with Gasteiger partial charge in [0, 0.05) is 11.7 Å². The van der Waals surface area contributed by atoms with Crippen LogP contribution in [0.15, 0.2) is 24.3 Å². The summed E-state index contributed by atoms with van der Waals surface area (Å²) < 4.78 is 0. The molecular formula is C16H24N2O2. The Kier molecular flexibility index (Phi) is 5.01. The topological polar surface area (TPSA) is 61.4 Å². The molecule has 1 aliphatic rings. The van der Waals surface area contributed by atoms with Crippen LogP contribution in [-0.2, 0) is 0 Å². The minimum absolute atomic E-state index is 0.111. The lowest BCUT2D eigenvalue weighted by Crippen LogP contribution is -2.45. The van der Waals surface area contributed by atoms with Crippen molar-refractivity contribution in [2.75, 3.05) is 5.32 Å². The largest absolute Gasteiger partial charge is 0.391 e. The average molecular weight is 276 g/mol. The molecule has 1 aromatic carbocycles. The zero-order chi connectivity index (χ0) is 14.5. The second kappa shape index (κ2) is 6.75. The normalized spacial score (nSPS) is 22.6. The Bertz CT molecular complexity index is 460. The van der Waals surface area contributed by atoms with Gasteiger partial charge in [-0.05, 0) is 38.8 Å². The summed E-state index contributed by atoms with van der Waals surface area (Å²) in [6.07, 6.45) is 3.31. The molecule has 4 nitrogen and oxygen atoms in total. The number of aliphatic hydroxyl groups excluding tert-OH is 1. The third kappa shape index (κ3) is 3.73. The minimum Gasteiger partial charge on any atom is -0.391 e. The number of amides is 1. The van der Waals surface area contributed by atoms with Crippen molar-refractivity contribution in [1.29, 1.82) is 0 Å². The molecule has 4 heteroatoms. The van der Waals surface area contributed by atoms with Crippen LogP contribution >= 0.6 is 0 Å². The van der Waals surface area contributed by atoms with E-state index in [4.69, 9.17) is 0 Å². The Morgan fingerprint density at radius 2 is 1.95 bits per heavy atom. The number of anilines is 1. The first-order valence-electron chi connectivity index (χ1n) is 7.42. The van der Waals surface area contributed by atoms with E-state index in [1.165, 1.54) is 0 Å². The van der Waals surface area contributed by atoms with E-state index in [1.807, 2.05) is 38.1 Å². The van der Waals surface area contributed by atoms with Crippen LogP contribution < -0.4 is 10.6 Å². The third-order valence-corrected chi connectivity index (χ3v) is 3.66. The predicted molar refractivity (Wildman–Crippen MR) is 80.9 cm³/mol. The van der Waals surface area contributed by atoms with Gasteiger partial charge >= 0.3 is 0 Å². The minimum atomic E-state index is -0.419. The SMILES string of the molecule is CC(C)Nc1ccccc1C(=O)NC1CCCCC1O. The third-order valence-electron chi connectivity index (χ3n) is 3.66. The van der Waals surface area contributed by atoms with E-state index in [1.54, 1.807) is 0 Å². The maximum atomic E-state index is 12.4. The smallest absolute Gasteiger partial charge is 0.253 e. The fraction of sp³-hybridized carbons (Fsp3) is 0.562. The summed E-state index contributed by atoms with van der Waals surface area (Å²) in [5.41, 5.74) is 1.48. The zero-order valence-electron chi connectivity index (χ0n) is 12.2. The summed E-state index contributed by atoms with van der Waals surface area (Å²) in [6.45, 7) is 4.08. The van der Waals surface area contributed by atoms with Crippen molar-refractivity contribution in [2.24, 2.45) is 0 Å². The molecule has 2 unspecified atom stereocenters. The number of hydrogen-bond donors (Lipinski definition) is 3. The molecular weight excluding hydrogens is 252 g/mol. The molecule has 1 aromatic rings. The van der Waals surface area contributed by atoms with Gasteiger partial charge < -0.3 is 15.7 Å². The molecule has 0 heterocycles. The van der Waals surface area contributed by atoms with Crippen LogP contribution in [0.5, 0.6) is 0 Å². The standard InChI is InChI=1S/C16H24N2O2/c1-11(2)17-13-8-4-3-7-12(13)16(20)18-14-9-5-6-10-15(14)19/h3-4,7-8,11,14-15,17,19H,5-6,9-10H2,1-2H3,(H,18,20). The molecule has 0 saturated heterocycles. The van der Waals surface area contributed by atoms with Crippen LogP contribution in [0, 0.1) is 0 Å². The lowest BCUT2D eigenvalue weighted by atomic mass is 9.92. The first-order chi connectivity index (χ1) is 9.58. The molecule has 0 aliphatic heterocycles. The molecule has 2 atom stereocenters. The number of rotatable bonds is 4. The van der Waals surface area contributed by atoms with Gasteiger partial charge in [0.1, 0.15) is 0 Å². The molecule has 1 saturated carbocycles. The second-order valence-corrected chi connectivity index (χ2v) is 5.78. The second-order valence-electron chi connectivity index (χ2n) is 5.78. The van der Waals surface area contributed by atoms with Crippen LogP contribution in [0.4, 0.5) is 5.69 Å². The highest BCUT2D eigenvalue weighted by molar-refractivity contribution is 5.99. The Morgan fingerprint density at radius 3 is 2.65 bits per heavy atom. The van der Waals surface area contributed by atoms with Gasteiger partial charge in [-0.25, -0.2) is 0 Å². The van der Waals surface area contributed by atoms with Crippen LogP contribution in [0.25, 0.3) is 0 Å².